The molecule has 20 heavy (non-hydrogen) atoms. The predicted molar refractivity (Wildman–Crippen MR) is 73.9 cm³/mol. The summed E-state index contributed by atoms with van der Waals surface area (Å²) in [6.07, 6.45) is 4.18. The smallest absolute Gasteiger partial charge is 0.326 e. The first kappa shape index (κ1) is 14.8. The Hall–Kier alpha value is -1.59. The van der Waals surface area contributed by atoms with Gasteiger partial charge in [-0.3, -0.25) is 14.5 Å². The quantitative estimate of drug-likeness (QED) is 0.763. The number of imide groups is 1. The standard InChI is InChI=1S/C14H23N3O3/c1-10-5-6-11(8-10)15-12(18)4-3-7-17-13(19)9-16(2)14(17)20/h10-11H,3-9H2,1-2H3,(H,15,18). The van der Waals surface area contributed by atoms with Gasteiger partial charge in [-0.15, -0.1) is 0 Å². The van der Waals surface area contributed by atoms with Crippen LogP contribution in [0.2, 0.25) is 0 Å². The van der Waals surface area contributed by atoms with E-state index in [0.717, 1.165) is 12.8 Å². The van der Waals surface area contributed by atoms with Gasteiger partial charge in [0.05, 0.1) is 0 Å². The van der Waals surface area contributed by atoms with Gasteiger partial charge in [0.1, 0.15) is 6.54 Å². The second-order valence-corrected chi connectivity index (χ2v) is 5.97. The van der Waals surface area contributed by atoms with Gasteiger partial charge in [-0.2, -0.15) is 0 Å². The Kier molecular flexibility index (Phi) is 4.62. The molecule has 1 heterocycles. The van der Waals surface area contributed by atoms with Gasteiger partial charge in [-0.05, 0) is 31.6 Å². The van der Waals surface area contributed by atoms with Gasteiger partial charge in [0.15, 0.2) is 0 Å². The van der Waals surface area contributed by atoms with Crippen molar-refractivity contribution in [2.75, 3.05) is 20.1 Å². The summed E-state index contributed by atoms with van der Waals surface area (Å²) >= 11 is 0. The van der Waals surface area contributed by atoms with E-state index in [4.69, 9.17) is 0 Å². The summed E-state index contributed by atoms with van der Waals surface area (Å²) in [7, 11) is 1.61. The summed E-state index contributed by atoms with van der Waals surface area (Å²) in [5.74, 6) is 0.537. The largest absolute Gasteiger partial charge is 0.353 e. The van der Waals surface area contributed by atoms with Crippen molar-refractivity contribution >= 4 is 17.8 Å². The van der Waals surface area contributed by atoms with Crippen LogP contribution >= 0.6 is 0 Å². The molecule has 1 saturated heterocycles. The summed E-state index contributed by atoms with van der Waals surface area (Å²) in [5.41, 5.74) is 0. The molecule has 1 N–H and O–H groups in total. The molecule has 2 atom stereocenters. The molecule has 0 aromatic heterocycles. The Morgan fingerprint density at radius 1 is 1.35 bits per heavy atom. The van der Waals surface area contributed by atoms with E-state index in [9.17, 15) is 14.4 Å². The van der Waals surface area contributed by atoms with Crippen molar-refractivity contribution < 1.29 is 14.4 Å². The molecule has 1 aliphatic heterocycles. The summed E-state index contributed by atoms with van der Waals surface area (Å²) in [6, 6.07) is 0.0405. The number of carbonyl (C=O) groups excluding carboxylic acids is 3. The van der Waals surface area contributed by atoms with Crippen LogP contribution < -0.4 is 5.32 Å². The molecule has 4 amide bonds. The molecular formula is C14H23N3O3. The summed E-state index contributed by atoms with van der Waals surface area (Å²) < 4.78 is 0. The molecule has 2 aliphatic rings. The maximum Gasteiger partial charge on any atom is 0.326 e. The number of rotatable bonds is 5. The van der Waals surface area contributed by atoms with E-state index >= 15 is 0 Å². The van der Waals surface area contributed by atoms with Crippen LogP contribution in [0.1, 0.15) is 39.0 Å². The fraction of sp³-hybridized carbons (Fsp3) is 0.786. The van der Waals surface area contributed by atoms with Crippen molar-refractivity contribution in [1.82, 2.24) is 15.1 Å². The third-order valence-electron chi connectivity index (χ3n) is 4.08. The normalized spacial score (nSPS) is 26.5. The Balaban J connectivity index is 1.67. The van der Waals surface area contributed by atoms with E-state index < -0.39 is 0 Å². The van der Waals surface area contributed by atoms with Crippen molar-refractivity contribution in [3.63, 3.8) is 0 Å². The van der Waals surface area contributed by atoms with E-state index in [0.29, 0.717) is 31.3 Å². The molecule has 0 spiro atoms. The average molecular weight is 281 g/mol. The maximum absolute atomic E-state index is 11.8. The monoisotopic (exact) mass is 281 g/mol. The van der Waals surface area contributed by atoms with E-state index in [1.54, 1.807) is 7.05 Å². The third kappa shape index (κ3) is 3.49. The molecule has 1 aliphatic carbocycles. The number of likely N-dealkylation sites (N-methyl/N-ethyl adjacent to an activating group) is 1. The molecule has 2 unspecified atom stereocenters. The molecule has 6 nitrogen and oxygen atoms in total. The van der Waals surface area contributed by atoms with Crippen LogP contribution in [0.25, 0.3) is 0 Å². The molecule has 112 valence electrons. The molecule has 1 saturated carbocycles. The lowest BCUT2D eigenvalue weighted by Gasteiger charge is -2.15. The van der Waals surface area contributed by atoms with Gasteiger partial charge < -0.3 is 10.2 Å². The zero-order valence-corrected chi connectivity index (χ0v) is 12.2. The minimum atomic E-state index is -0.264. The number of hydrogen-bond acceptors (Lipinski definition) is 3. The van der Waals surface area contributed by atoms with Crippen molar-refractivity contribution in [3.05, 3.63) is 0 Å². The molecular weight excluding hydrogens is 258 g/mol. The fourth-order valence-corrected chi connectivity index (χ4v) is 2.92. The van der Waals surface area contributed by atoms with Crippen LogP contribution in [0.15, 0.2) is 0 Å². The first-order valence-corrected chi connectivity index (χ1v) is 7.32. The lowest BCUT2D eigenvalue weighted by Crippen LogP contribution is -2.35. The second-order valence-electron chi connectivity index (χ2n) is 5.97. The number of nitrogens with zero attached hydrogens (tertiary/aromatic N) is 2. The van der Waals surface area contributed by atoms with Gasteiger partial charge in [0.2, 0.25) is 11.8 Å². The molecule has 2 fully saturated rings. The highest BCUT2D eigenvalue weighted by Crippen LogP contribution is 2.24. The summed E-state index contributed by atoms with van der Waals surface area (Å²) in [5, 5.41) is 3.03. The van der Waals surface area contributed by atoms with Crippen molar-refractivity contribution in [2.45, 2.75) is 45.1 Å². The van der Waals surface area contributed by atoms with Gasteiger partial charge in [-0.1, -0.05) is 6.92 Å². The highest BCUT2D eigenvalue weighted by Gasteiger charge is 2.33. The van der Waals surface area contributed by atoms with Crippen LogP contribution in [0.3, 0.4) is 0 Å². The predicted octanol–water partition coefficient (Wildman–Crippen LogP) is 0.965. The molecule has 0 aromatic carbocycles. The number of amides is 4. The summed E-state index contributed by atoms with van der Waals surface area (Å²) in [4.78, 5) is 37.6. The Morgan fingerprint density at radius 3 is 2.65 bits per heavy atom. The van der Waals surface area contributed by atoms with E-state index in [1.807, 2.05) is 0 Å². The lowest BCUT2D eigenvalue weighted by atomic mass is 10.1. The average Bonchev–Trinajstić information content (AvgIpc) is 2.88. The Bertz CT molecular complexity index is 410. The van der Waals surface area contributed by atoms with Crippen LogP contribution in [0, 0.1) is 5.92 Å². The number of nitrogens with one attached hydrogen (secondary N) is 1. The maximum atomic E-state index is 11.8. The number of hydrogen-bond donors (Lipinski definition) is 1. The van der Waals surface area contributed by atoms with Crippen LogP contribution in [0.4, 0.5) is 4.79 Å². The SMILES string of the molecule is CC1CCC(NC(=O)CCCN2C(=O)CN(C)C2=O)C1. The second kappa shape index (κ2) is 6.24. The van der Waals surface area contributed by atoms with Crippen molar-refractivity contribution in [1.29, 1.82) is 0 Å². The Morgan fingerprint density at radius 2 is 2.10 bits per heavy atom. The molecule has 0 aromatic rings. The van der Waals surface area contributed by atoms with E-state index in [1.165, 1.54) is 16.2 Å². The van der Waals surface area contributed by atoms with Gasteiger partial charge in [0.25, 0.3) is 0 Å². The van der Waals surface area contributed by atoms with Gasteiger partial charge in [-0.25, -0.2) is 4.79 Å². The minimum absolute atomic E-state index is 0.0246. The molecule has 2 rings (SSSR count). The van der Waals surface area contributed by atoms with Crippen LogP contribution in [0.5, 0.6) is 0 Å². The van der Waals surface area contributed by atoms with Gasteiger partial charge in [0, 0.05) is 26.1 Å². The van der Waals surface area contributed by atoms with Crippen LogP contribution in [-0.2, 0) is 9.59 Å². The fourth-order valence-electron chi connectivity index (χ4n) is 2.92. The van der Waals surface area contributed by atoms with Crippen molar-refractivity contribution in [3.8, 4) is 0 Å². The van der Waals surface area contributed by atoms with E-state index in [-0.39, 0.29) is 24.4 Å². The third-order valence-corrected chi connectivity index (χ3v) is 4.08. The first-order valence-electron chi connectivity index (χ1n) is 7.32. The first-order chi connectivity index (χ1) is 9.47. The lowest BCUT2D eigenvalue weighted by molar-refractivity contribution is -0.126. The zero-order chi connectivity index (χ0) is 14.7. The van der Waals surface area contributed by atoms with Crippen LogP contribution in [-0.4, -0.2) is 53.8 Å². The van der Waals surface area contributed by atoms with Crippen molar-refractivity contribution in [2.24, 2.45) is 5.92 Å². The summed E-state index contributed by atoms with van der Waals surface area (Å²) in [6.45, 7) is 2.68. The topological polar surface area (TPSA) is 69.7 Å². The molecule has 6 heteroatoms. The highest BCUT2D eigenvalue weighted by molar-refractivity contribution is 6.01. The minimum Gasteiger partial charge on any atom is -0.353 e. The zero-order valence-electron chi connectivity index (χ0n) is 12.2. The highest BCUT2D eigenvalue weighted by atomic mass is 16.2. The number of urea groups is 1. The Labute approximate surface area is 119 Å². The number of carbonyl (C=O) groups is 3. The molecule has 0 bridgehead atoms. The van der Waals surface area contributed by atoms with Gasteiger partial charge >= 0.3 is 6.03 Å². The molecule has 0 radical (unpaired) electrons. The van der Waals surface area contributed by atoms with E-state index in [2.05, 4.69) is 12.2 Å².